The second-order valence-electron chi connectivity index (χ2n) is 4.00. The maximum Gasteiger partial charge on any atom is 0.403 e. The van der Waals surface area contributed by atoms with Crippen LogP contribution in [-0.4, -0.2) is 42.8 Å². The van der Waals surface area contributed by atoms with Crippen LogP contribution in [0.15, 0.2) is 0 Å². The van der Waals surface area contributed by atoms with Crippen molar-refractivity contribution in [1.29, 1.82) is 0 Å². The summed E-state index contributed by atoms with van der Waals surface area (Å²) in [6, 6.07) is 0. The molecule has 1 atom stereocenters. The van der Waals surface area contributed by atoms with Gasteiger partial charge in [0.2, 0.25) is 0 Å². The van der Waals surface area contributed by atoms with Crippen LogP contribution in [-0.2, 0) is 19.1 Å². The summed E-state index contributed by atoms with van der Waals surface area (Å²) in [5, 5.41) is 0. The number of ether oxygens (including phenoxy) is 2. The van der Waals surface area contributed by atoms with Crippen LogP contribution in [0.3, 0.4) is 0 Å². The molecule has 0 spiro atoms. The molecule has 0 N–H and O–H groups in total. The molecule has 0 bridgehead atoms. The van der Waals surface area contributed by atoms with Gasteiger partial charge in [0.05, 0.1) is 19.0 Å². The van der Waals surface area contributed by atoms with Gasteiger partial charge < -0.3 is 9.47 Å². The van der Waals surface area contributed by atoms with Gasteiger partial charge in [-0.2, -0.15) is 13.2 Å². The number of halogens is 3. The molecule has 0 aromatic rings. The smallest absolute Gasteiger partial charge is 0.403 e. The molecule has 1 unspecified atom stereocenters. The van der Waals surface area contributed by atoms with Crippen LogP contribution in [0.1, 0.15) is 26.7 Å². The Morgan fingerprint density at radius 3 is 2.15 bits per heavy atom. The highest BCUT2D eigenvalue weighted by molar-refractivity contribution is 7.99. The predicted molar refractivity (Wildman–Crippen MR) is 69.4 cm³/mol. The quantitative estimate of drug-likeness (QED) is 0.612. The van der Waals surface area contributed by atoms with Crippen LogP contribution in [0.2, 0.25) is 0 Å². The van der Waals surface area contributed by atoms with Crippen LogP contribution >= 0.6 is 11.8 Å². The second kappa shape index (κ2) is 9.90. The fourth-order valence-corrected chi connectivity index (χ4v) is 2.05. The molecule has 0 aliphatic heterocycles. The first kappa shape index (κ1) is 19.1. The lowest BCUT2D eigenvalue weighted by Crippen LogP contribution is -2.34. The van der Waals surface area contributed by atoms with Crippen molar-refractivity contribution in [2.24, 2.45) is 5.92 Å². The Kier molecular flexibility index (Phi) is 9.45. The van der Waals surface area contributed by atoms with E-state index in [-0.39, 0.29) is 19.0 Å². The molecule has 0 fully saturated rings. The third kappa shape index (κ3) is 8.29. The minimum atomic E-state index is -4.68. The lowest BCUT2D eigenvalue weighted by Gasteiger charge is -2.18. The van der Waals surface area contributed by atoms with Crippen LogP contribution in [0.5, 0.6) is 0 Å². The third-order valence-corrected chi connectivity index (χ3v) is 3.11. The normalized spacial score (nSPS) is 12.8. The zero-order valence-electron chi connectivity index (χ0n) is 11.5. The maximum absolute atomic E-state index is 12.7. The Balaban J connectivity index is 4.25. The van der Waals surface area contributed by atoms with Crippen LogP contribution in [0, 0.1) is 5.92 Å². The molecule has 0 amide bonds. The first-order valence-electron chi connectivity index (χ1n) is 6.29. The largest absolute Gasteiger partial charge is 0.465 e. The number of hydrogen-bond acceptors (Lipinski definition) is 5. The van der Waals surface area contributed by atoms with E-state index in [1.807, 2.05) is 6.92 Å². The van der Waals surface area contributed by atoms with E-state index in [1.54, 1.807) is 6.92 Å². The van der Waals surface area contributed by atoms with Gasteiger partial charge in [-0.15, -0.1) is 11.8 Å². The number of rotatable bonds is 9. The molecule has 0 aromatic carbocycles. The summed E-state index contributed by atoms with van der Waals surface area (Å²) in [4.78, 5) is 22.5. The van der Waals surface area contributed by atoms with Crippen molar-refractivity contribution in [2.75, 3.05) is 24.7 Å². The summed E-state index contributed by atoms with van der Waals surface area (Å²) in [7, 11) is 0. The van der Waals surface area contributed by atoms with Crippen molar-refractivity contribution in [1.82, 2.24) is 0 Å². The number of esters is 2. The molecule has 0 heterocycles. The van der Waals surface area contributed by atoms with Gasteiger partial charge in [0.25, 0.3) is 0 Å². The van der Waals surface area contributed by atoms with E-state index in [0.29, 0.717) is 24.6 Å². The first-order valence-corrected chi connectivity index (χ1v) is 7.45. The van der Waals surface area contributed by atoms with E-state index >= 15 is 0 Å². The van der Waals surface area contributed by atoms with E-state index in [9.17, 15) is 22.8 Å². The number of thioether (sulfide) groups is 1. The summed E-state index contributed by atoms with van der Waals surface area (Å²) in [5.74, 6) is -4.85. The lowest BCUT2D eigenvalue weighted by molar-refractivity contribution is -0.193. The monoisotopic (exact) mass is 316 g/mol. The highest BCUT2D eigenvalue weighted by Gasteiger charge is 2.45. The fraction of sp³-hybridized carbons (Fsp3) is 0.833. The van der Waals surface area contributed by atoms with Gasteiger partial charge >= 0.3 is 18.1 Å². The molecular formula is C12H19F3O4S. The van der Waals surface area contributed by atoms with E-state index < -0.39 is 29.8 Å². The molecule has 0 radical (unpaired) electrons. The molecule has 20 heavy (non-hydrogen) atoms. The topological polar surface area (TPSA) is 52.6 Å². The Bertz CT molecular complexity index is 308. The van der Waals surface area contributed by atoms with Gasteiger partial charge in [0.15, 0.2) is 5.92 Å². The molecule has 118 valence electrons. The zero-order valence-corrected chi connectivity index (χ0v) is 12.3. The second-order valence-corrected chi connectivity index (χ2v) is 5.03. The lowest BCUT2D eigenvalue weighted by atomic mass is 10.2. The van der Waals surface area contributed by atoms with Gasteiger partial charge in [-0.25, -0.2) is 0 Å². The van der Waals surface area contributed by atoms with Crippen molar-refractivity contribution in [3.05, 3.63) is 0 Å². The van der Waals surface area contributed by atoms with E-state index in [1.165, 1.54) is 0 Å². The Morgan fingerprint density at radius 2 is 1.65 bits per heavy atom. The van der Waals surface area contributed by atoms with Gasteiger partial charge in [0.1, 0.15) is 0 Å². The summed E-state index contributed by atoms with van der Waals surface area (Å²) in [5.41, 5.74) is 0. The third-order valence-electron chi connectivity index (χ3n) is 2.10. The van der Waals surface area contributed by atoms with Gasteiger partial charge in [-0.3, -0.25) is 9.59 Å². The van der Waals surface area contributed by atoms with Crippen molar-refractivity contribution >= 4 is 23.7 Å². The fourth-order valence-electron chi connectivity index (χ4n) is 1.12. The first-order chi connectivity index (χ1) is 9.32. The molecule has 0 saturated carbocycles. The average Bonchev–Trinajstić information content (AvgIpc) is 2.37. The number of carbonyl (C=O) groups excluding carboxylic acids is 2. The number of alkyl halides is 3. The maximum atomic E-state index is 12.7. The molecule has 0 saturated heterocycles. The summed E-state index contributed by atoms with van der Waals surface area (Å²) < 4.78 is 47.3. The average molecular weight is 316 g/mol. The Morgan fingerprint density at radius 1 is 1.10 bits per heavy atom. The zero-order chi connectivity index (χ0) is 15.6. The van der Waals surface area contributed by atoms with Gasteiger partial charge in [-0.05, 0) is 12.8 Å². The number of carbonyl (C=O) groups is 2. The van der Waals surface area contributed by atoms with Crippen molar-refractivity contribution in [3.8, 4) is 0 Å². The number of hydrogen-bond donors (Lipinski definition) is 0. The highest BCUT2D eigenvalue weighted by Crippen LogP contribution is 2.30. The van der Waals surface area contributed by atoms with Crippen molar-refractivity contribution in [2.45, 2.75) is 32.9 Å². The van der Waals surface area contributed by atoms with Crippen molar-refractivity contribution in [3.63, 3.8) is 0 Å². The molecule has 0 aliphatic carbocycles. The summed E-state index contributed by atoms with van der Waals surface area (Å²) in [6.07, 6.45) is -3.58. The minimum Gasteiger partial charge on any atom is -0.465 e. The molecule has 8 heteroatoms. The summed E-state index contributed by atoms with van der Waals surface area (Å²) in [6.45, 7) is 3.69. The molecular weight excluding hydrogens is 297 g/mol. The van der Waals surface area contributed by atoms with Crippen molar-refractivity contribution < 1.29 is 32.2 Å². The van der Waals surface area contributed by atoms with Crippen LogP contribution < -0.4 is 0 Å². The van der Waals surface area contributed by atoms with E-state index in [2.05, 4.69) is 4.74 Å². The molecule has 0 aromatic heterocycles. The summed E-state index contributed by atoms with van der Waals surface area (Å²) >= 11 is 0.713. The van der Waals surface area contributed by atoms with Gasteiger partial charge in [0, 0.05) is 5.75 Å². The molecule has 0 aliphatic rings. The Hall–Kier alpha value is -0.920. The minimum absolute atomic E-state index is 0.0470. The van der Waals surface area contributed by atoms with Crippen LogP contribution in [0.25, 0.3) is 0 Å². The molecule has 0 rings (SSSR count). The van der Waals surface area contributed by atoms with Gasteiger partial charge in [-0.1, -0.05) is 13.8 Å². The Labute approximate surface area is 120 Å². The van der Waals surface area contributed by atoms with E-state index in [4.69, 9.17) is 4.74 Å². The molecule has 4 nitrogen and oxygen atoms in total. The SMILES string of the molecule is CCCOC(=O)CSCC(C(=O)OCCC)C(F)(F)F. The standard InChI is InChI=1S/C12H19F3O4S/c1-3-5-18-10(16)8-20-7-9(12(13,14)15)11(17)19-6-4-2/h9H,3-8H2,1-2H3. The van der Waals surface area contributed by atoms with E-state index in [0.717, 1.165) is 0 Å². The highest BCUT2D eigenvalue weighted by atomic mass is 32.2. The van der Waals surface area contributed by atoms with Crippen LogP contribution in [0.4, 0.5) is 13.2 Å². The predicted octanol–water partition coefficient (Wildman–Crippen LogP) is 2.80.